The molecule has 2 aromatic rings. The van der Waals surface area contributed by atoms with Crippen molar-refractivity contribution in [1.29, 1.82) is 0 Å². The number of benzene rings is 1. The first-order valence-electron chi connectivity index (χ1n) is 15.0. The number of aryl methyl sites for hydroxylation is 1. The van der Waals surface area contributed by atoms with E-state index >= 15 is 0 Å². The van der Waals surface area contributed by atoms with Gasteiger partial charge in [0, 0.05) is 59.0 Å². The molecule has 1 unspecified atom stereocenters. The van der Waals surface area contributed by atoms with Crippen molar-refractivity contribution in [2.75, 3.05) is 46.4 Å². The molecule has 2 atom stereocenters. The quantitative estimate of drug-likeness (QED) is 0.372. The topological polar surface area (TPSA) is 80.1 Å². The molecule has 2 saturated heterocycles. The molecule has 0 saturated carbocycles. The van der Waals surface area contributed by atoms with E-state index in [0.29, 0.717) is 25.6 Å². The normalized spacial score (nSPS) is 19.9. The maximum absolute atomic E-state index is 13.4. The van der Waals surface area contributed by atoms with Gasteiger partial charge in [0.2, 0.25) is 5.91 Å². The number of aromatic nitrogens is 2. The Balaban J connectivity index is 1.61. The molecule has 2 aliphatic heterocycles. The van der Waals surface area contributed by atoms with E-state index in [2.05, 4.69) is 41.5 Å². The summed E-state index contributed by atoms with van der Waals surface area (Å²) in [5, 5.41) is 0. The summed E-state index contributed by atoms with van der Waals surface area (Å²) in [6.07, 6.45) is 3.45. The minimum Gasteiger partial charge on any atom is -0.444 e. The number of hydrogen-bond acceptors (Lipinski definition) is 6. The highest BCUT2D eigenvalue weighted by molar-refractivity contribution is 5.81. The van der Waals surface area contributed by atoms with Crippen LogP contribution in [0, 0.1) is 11.8 Å². The zero-order valence-corrected chi connectivity index (χ0v) is 25.4. The highest BCUT2D eigenvalue weighted by atomic mass is 16.6. The fraction of sp³-hybridized carbons (Fsp3) is 0.710. The van der Waals surface area contributed by atoms with E-state index in [1.54, 1.807) is 12.0 Å². The number of nitrogens with zero attached hydrogens (tertiary/aromatic N) is 5. The van der Waals surface area contributed by atoms with Gasteiger partial charge in [0.1, 0.15) is 11.4 Å². The average molecular weight is 556 g/mol. The Labute approximate surface area is 239 Å². The van der Waals surface area contributed by atoms with Gasteiger partial charge in [0.15, 0.2) is 0 Å². The summed E-state index contributed by atoms with van der Waals surface area (Å²) in [4.78, 5) is 37.9. The van der Waals surface area contributed by atoms with Crippen molar-refractivity contribution in [3.63, 3.8) is 0 Å². The van der Waals surface area contributed by atoms with Crippen LogP contribution >= 0.6 is 0 Å². The Hall–Kier alpha value is -2.65. The van der Waals surface area contributed by atoms with Crippen molar-refractivity contribution in [1.82, 2.24) is 24.3 Å². The van der Waals surface area contributed by atoms with Crippen LogP contribution in [-0.2, 0) is 27.4 Å². The minimum absolute atomic E-state index is 0.0284. The predicted octanol–water partition coefficient (Wildman–Crippen LogP) is 4.78. The molecule has 0 N–H and O–H groups in total. The predicted molar refractivity (Wildman–Crippen MR) is 157 cm³/mol. The summed E-state index contributed by atoms with van der Waals surface area (Å²) in [5.41, 5.74) is 1.55. The number of ether oxygens (including phenoxy) is 2. The SMILES string of the molecule is COCCCCn1c(CN(CC(C)C)[C@H]2CC(C(=O)N3CCC3)CN(C(=O)OC(C)(C)C)C2)nc2ccccc21. The Morgan fingerprint density at radius 1 is 1.10 bits per heavy atom. The summed E-state index contributed by atoms with van der Waals surface area (Å²) in [5.74, 6) is 1.38. The second-order valence-electron chi connectivity index (χ2n) is 12.8. The molecular formula is C31H49N5O4. The van der Waals surface area contributed by atoms with Gasteiger partial charge in [-0.3, -0.25) is 9.69 Å². The lowest BCUT2D eigenvalue weighted by Gasteiger charge is -2.44. The van der Waals surface area contributed by atoms with Crippen LogP contribution in [0.1, 0.15) is 66.1 Å². The third-order valence-corrected chi connectivity index (χ3v) is 7.77. The first kappa shape index (κ1) is 30.3. The molecular weight excluding hydrogens is 506 g/mol. The molecule has 4 rings (SSSR count). The fourth-order valence-electron chi connectivity index (χ4n) is 5.79. The Bertz CT molecular complexity index is 1140. The van der Waals surface area contributed by atoms with E-state index in [0.717, 1.165) is 75.3 Å². The van der Waals surface area contributed by atoms with Crippen LogP contribution in [-0.4, -0.2) is 94.3 Å². The number of carbonyl (C=O) groups excluding carboxylic acids is 2. The molecule has 9 nitrogen and oxygen atoms in total. The Kier molecular flexibility index (Phi) is 10.1. The zero-order valence-electron chi connectivity index (χ0n) is 25.4. The minimum atomic E-state index is -0.591. The molecule has 3 heterocycles. The van der Waals surface area contributed by atoms with Crippen molar-refractivity contribution in [2.24, 2.45) is 11.8 Å². The van der Waals surface area contributed by atoms with Gasteiger partial charge in [0.05, 0.1) is 23.5 Å². The average Bonchev–Trinajstić information content (AvgIpc) is 3.20. The Morgan fingerprint density at radius 3 is 2.50 bits per heavy atom. The highest BCUT2D eigenvalue weighted by Crippen LogP contribution is 2.28. The van der Waals surface area contributed by atoms with E-state index < -0.39 is 5.60 Å². The molecule has 1 aromatic heterocycles. The highest BCUT2D eigenvalue weighted by Gasteiger charge is 2.40. The largest absolute Gasteiger partial charge is 0.444 e. The number of unbranched alkanes of at least 4 members (excludes halogenated alkanes) is 1. The summed E-state index contributed by atoms with van der Waals surface area (Å²) < 4.78 is 13.4. The van der Waals surface area contributed by atoms with Crippen LogP contribution < -0.4 is 0 Å². The Morgan fingerprint density at radius 2 is 1.85 bits per heavy atom. The lowest BCUT2D eigenvalue weighted by molar-refractivity contribution is -0.141. The zero-order chi connectivity index (χ0) is 28.9. The molecule has 0 radical (unpaired) electrons. The van der Waals surface area contributed by atoms with Crippen LogP contribution in [0.4, 0.5) is 4.79 Å². The van der Waals surface area contributed by atoms with Crippen molar-refractivity contribution in [2.45, 2.75) is 85.0 Å². The number of amides is 2. The van der Waals surface area contributed by atoms with Gasteiger partial charge in [0.25, 0.3) is 0 Å². The number of para-hydroxylation sites is 2. The second kappa shape index (κ2) is 13.3. The van der Waals surface area contributed by atoms with Crippen molar-refractivity contribution >= 4 is 23.0 Å². The number of methoxy groups -OCH3 is 1. The molecule has 0 bridgehead atoms. The number of imidazole rings is 1. The van der Waals surface area contributed by atoms with Gasteiger partial charge >= 0.3 is 6.09 Å². The molecule has 2 aliphatic rings. The maximum Gasteiger partial charge on any atom is 0.410 e. The number of piperidine rings is 1. The van der Waals surface area contributed by atoms with Crippen LogP contribution in [0.3, 0.4) is 0 Å². The van der Waals surface area contributed by atoms with Crippen molar-refractivity contribution in [3.8, 4) is 0 Å². The first-order chi connectivity index (χ1) is 19.1. The molecule has 2 fully saturated rings. The van der Waals surface area contributed by atoms with Crippen molar-refractivity contribution < 1.29 is 19.1 Å². The van der Waals surface area contributed by atoms with E-state index in [1.165, 1.54) is 0 Å². The van der Waals surface area contributed by atoms with Gasteiger partial charge in [-0.05, 0) is 64.5 Å². The van der Waals surface area contributed by atoms with Gasteiger partial charge < -0.3 is 23.8 Å². The summed E-state index contributed by atoms with van der Waals surface area (Å²) in [6.45, 7) is 15.8. The smallest absolute Gasteiger partial charge is 0.410 e. The molecule has 40 heavy (non-hydrogen) atoms. The van der Waals surface area contributed by atoms with E-state index in [4.69, 9.17) is 14.5 Å². The van der Waals surface area contributed by atoms with E-state index in [-0.39, 0.29) is 24.0 Å². The number of hydrogen-bond donors (Lipinski definition) is 0. The standard InChI is InChI=1S/C31H49N5O4/c1-23(2)19-34(22-28-32-26-12-7-8-13-27(26)36(28)16-9-10-17-39-6)25-18-24(29(37)33-14-11-15-33)20-35(21-25)30(38)40-31(3,4)5/h7-8,12-13,23-25H,9-11,14-22H2,1-6H3/t24?,25-/m0/s1. The third kappa shape index (κ3) is 7.75. The van der Waals surface area contributed by atoms with Crippen LogP contribution in [0.5, 0.6) is 0 Å². The molecule has 2 amide bonds. The van der Waals surface area contributed by atoms with Gasteiger partial charge in [-0.1, -0.05) is 26.0 Å². The number of fused-ring (bicyclic) bond motifs is 1. The lowest BCUT2D eigenvalue weighted by Crippen LogP contribution is -2.58. The fourth-order valence-corrected chi connectivity index (χ4v) is 5.79. The monoisotopic (exact) mass is 555 g/mol. The summed E-state index contributed by atoms with van der Waals surface area (Å²) >= 11 is 0. The molecule has 0 aliphatic carbocycles. The van der Waals surface area contributed by atoms with Crippen LogP contribution in [0.25, 0.3) is 11.0 Å². The van der Waals surface area contributed by atoms with Gasteiger partial charge in [-0.2, -0.15) is 0 Å². The first-order valence-corrected chi connectivity index (χ1v) is 15.0. The molecule has 0 spiro atoms. The van der Waals surface area contributed by atoms with Crippen LogP contribution in [0.2, 0.25) is 0 Å². The molecule has 9 heteroatoms. The number of carbonyl (C=O) groups is 2. The second-order valence-corrected chi connectivity index (χ2v) is 12.8. The lowest BCUT2D eigenvalue weighted by atomic mass is 9.90. The van der Waals surface area contributed by atoms with Crippen molar-refractivity contribution in [3.05, 3.63) is 30.1 Å². The van der Waals surface area contributed by atoms with Gasteiger partial charge in [-0.15, -0.1) is 0 Å². The summed E-state index contributed by atoms with van der Waals surface area (Å²) in [6, 6.07) is 8.34. The van der Waals surface area contributed by atoms with Gasteiger partial charge in [-0.25, -0.2) is 9.78 Å². The van der Waals surface area contributed by atoms with E-state index in [9.17, 15) is 9.59 Å². The van der Waals surface area contributed by atoms with Crippen LogP contribution in [0.15, 0.2) is 24.3 Å². The summed E-state index contributed by atoms with van der Waals surface area (Å²) in [7, 11) is 1.74. The maximum atomic E-state index is 13.4. The third-order valence-electron chi connectivity index (χ3n) is 7.77. The molecule has 1 aromatic carbocycles. The van der Waals surface area contributed by atoms with E-state index in [1.807, 2.05) is 31.7 Å². The number of likely N-dealkylation sites (tertiary alicyclic amines) is 2. The molecule has 222 valence electrons. The number of rotatable bonds is 11.